The van der Waals surface area contributed by atoms with Gasteiger partial charge in [0.1, 0.15) is 5.69 Å². The first-order valence-electron chi connectivity index (χ1n) is 7.42. The zero-order chi connectivity index (χ0) is 18.5. The number of amides is 1. The summed E-state index contributed by atoms with van der Waals surface area (Å²) in [6.45, 7) is 0. The SMILES string of the molecule is O=C(NN=Cc1ccc(Cl)cc1)c1cc(-c2cccc([N+](=O)[O-])c2)n[nH]1. The summed E-state index contributed by atoms with van der Waals surface area (Å²) >= 11 is 5.79. The molecule has 0 fully saturated rings. The summed E-state index contributed by atoms with van der Waals surface area (Å²) in [5.74, 6) is -0.487. The third-order valence-corrected chi connectivity index (χ3v) is 3.68. The Balaban J connectivity index is 1.69. The van der Waals surface area contributed by atoms with E-state index in [2.05, 4.69) is 20.7 Å². The lowest BCUT2D eigenvalue weighted by molar-refractivity contribution is -0.384. The molecule has 1 heterocycles. The number of H-pyrrole nitrogens is 1. The smallest absolute Gasteiger partial charge is 0.272 e. The largest absolute Gasteiger partial charge is 0.289 e. The number of carbonyl (C=O) groups excluding carboxylic acids is 1. The number of carbonyl (C=O) groups is 1. The average molecular weight is 370 g/mol. The van der Waals surface area contributed by atoms with Gasteiger partial charge in [-0.15, -0.1) is 0 Å². The number of hydrogen-bond acceptors (Lipinski definition) is 5. The van der Waals surface area contributed by atoms with E-state index in [-0.39, 0.29) is 11.4 Å². The normalized spacial score (nSPS) is 10.8. The topological polar surface area (TPSA) is 113 Å². The fourth-order valence-corrected chi connectivity index (χ4v) is 2.27. The van der Waals surface area contributed by atoms with E-state index in [0.717, 1.165) is 5.56 Å². The molecule has 130 valence electrons. The third-order valence-electron chi connectivity index (χ3n) is 3.42. The van der Waals surface area contributed by atoms with Gasteiger partial charge < -0.3 is 0 Å². The number of hydrogen-bond donors (Lipinski definition) is 2. The minimum atomic E-state index is -0.491. The van der Waals surface area contributed by atoms with Crippen molar-refractivity contribution in [3.63, 3.8) is 0 Å². The molecular formula is C17H12ClN5O3. The van der Waals surface area contributed by atoms with E-state index in [0.29, 0.717) is 16.3 Å². The molecule has 3 aromatic rings. The van der Waals surface area contributed by atoms with Crippen LogP contribution in [0.2, 0.25) is 5.02 Å². The van der Waals surface area contributed by atoms with Gasteiger partial charge >= 0.3 is 0 Å². The minimum Gasteiger partial charge on any atom is -0.272 e. The van der Waals surface area contributed by atoms with Crippen molar-refractivity contribution in [2.45, 2.75) is 0 Å². The Morgan fingerprint density at radius 3 is 2.73 bits per heavy atom. The number of nitro groups is 1. The zero-order valence-corrected chi connectivity index (χ0v) is 14.0. The highest BCUT2D eigenvalue weighted by Crippen LogP contribution is 2.22. The van der Waals surface area contributed by atoms with Crippen molar-refractivity contribution in [2.75, 3.05) is 0 Å². The highest BCUT2D eigenvalue weighted by Gasteiger charge is 2.13. The molecule has 2 N–H and O–H groups in total. The quantitative estimate of drug-likeness (QED) is 0.407. The molecule has 9 heteroatoms. The first-order valence-corrected chi connectivity index (χ1v) is 7.80. The van der Waals surface area contributed by atoms with Crippen LogP contribution in [0.3, 0.4) is 0 Å². The highest BCUT2D eigenvalue weighted by atomic mass is 35.5. The van der Waals surface area contributed by atoms with Gasteiger partial charge in [-0.2, -0.15) is 10.2 Å². The second kappa shape index (κ2) is 7.58. The predicted octanol–water partition coefficient (Wildman–Crippen LogP) is 3.40. The molecule has 0 atom stereocenters. The van der Waals surface area contributed by atoms with Gasteiger partial charge in [-0.25, -0.2) is 5.43 Å². The van der Waals surface area contributed by atoms with Crippen molar-refractivity contribution in [2.24, 2.45) is 5.10 Å². The summed E-state index contributed by atoms with van der Waals surface area (Å²) in [5, 5.41) is 21.9. The molecule has 0 saturated carbocycles. The van der Waals surface area contributed by atoms with Gasteiger partial charge in [-0.3, -0.25) is 20.0 Å². The lowest BCUT2D eigenvalue weighted by atomic mass is 10.1. The van der Waals surface area contributed by atoms with Gasteiger partial charge in [-0.05, 0) is 23.8 Å². The van der Waals surface area contributed by atoms with Crippen LogP contribution in [0.15, 0.2) is 59.7 Å². The number of non-ortho nitro benzene ring substituents is 1. The van der Waals surface area contributed by atoms with Crippen LogP contribution < -0.4 is 5.43 Å². The maximum atomic E-state index is 12.1. The molecule has 0 radical (unpaired) electrons. The number of aromatic nitrogens is 2. The Hall–Kier alpha value is -3.52. The Morgan fingerprint density at radius 2 is 2.00 bits per heavy atom. The maximum Gasteiger partial charge on any atom is 0.289 e. The van der Waals surface area contributed by atoms with Crippen molar-refractivity contribution in [1.82, 2.24) is 15.6 Å². The summed E-state index contributed by atoms with van der Waals surface area (Å²) in [4.78, 5) is 22.4. The number of halogens is 1. The number of rotatable bonds is 5. The van der Waals surface area contributed by atoms with E-state index in [1.165, 1.54) is 24.4 Å². The molecule has 0 aliphatic rings. The molecular weight excluding hydrogens is 358 g/mol. The number of hydrazone groups is 1. The van der Waals surface area contributed by atoms with Crippen molar-refractivity contribution >= 4 is 29.4 Å². The number of nitrogens with zero attached hydrogens (tertiary/aromatic N) is 3. The second-order valence-electron chi connectivity index (χ2n) is 5.22. The highest BCUT2D eigenvalue weighted by molar-refractivity contribution is 6.30. The zero-order valence-electron chi connectivity index (χ0n) is 13.2. The summed E-state index contributed by atoms with van der Waals surface area (Å²) in [6, 6.07) is 14.4. The maximum absolute atomic E-state index is 12.1. The van der Waals surface area contributed by atoms with Crippen LogP contribution in [0, 0.1) is 10.1 Å². The van der Waals surface area contributed by atoms with E-state index in [1.807, 2.05) is 0 Å². The van der Waals surface area contributed by atoms with E-state index in [9.17, 15) is 14.9 Å². The van der Waals surface area contributed by atoms with Gasteiger partial charge in [0.25, 0.3) is 11.6 Å². The fourth-order valence-electron chi connectivity index (χ4n) is 2.14. The monoisotopic (exact) mass is 369 g/mol. The van der Waals surface area contributed by atoms with Crippen molar-refractivity contribution < 1.29 is 9.72 Å². The standard InChI is InChI=1S/C17H12ClN5O3/c18-13-6-4-11(5-7-13)10-19-22-17(24)16-9-15(20-21-16)12-2-1-3-14(8-12)23(25)26/h1-10H,(H,20,21)(H,22,24). The first kappa shape index (κ1) is 17.3. The predicted molar refractivity (Wildman–Crippen MR) is 97.2 cm³/mol. The molecule has 8 nitrogen and oxygen atoms in total. The third kappa shape index (κ3) is 4.11. The number of nitro benzene ring substituents is 1. The molecule has 0 saturated heterocycles. The first-order chi connectivity index (χ1) is 12.5. The average Bonchev–Trinajstić information content (AvgIpc) is 3.14. The summed E-state index contributed by atoms with van der Waals surface area (Å²) in [5.41, 5.74) is 4.22. The van der Waals surface area contributed by atoms with Crippen molar-refractivity contribution in [1.29, 1.82) is 0 Å². The minimum absolute atomic E-state index is 0.0518. The van der Waals surface area contributed by atoms with Crippen molar-refractivity contribution in [3.8, 4) is 11.3 Å². The molecule has 2 aromatic carbocycles. The molecule has 0 spiro atoms. The van der Waals surface area contributed by atoms with Crippen LogP contribution in [-0.4, -0.2) is 27.2 Å². The Kier molecular flexibility index (Phi) is 5.04. The molecule has 0 bridgehead atoms. The number of nitrogens with one attached hydrogen (secondary N) is 2. The molecule has 26 heavy (non-hydrogen) atoms. The van der Waals surface area contributed by atoms with Gasteiger partial charge in [0, 0.05) is 22.7 Å². The van der Waals surface area contributed by atoms with Gasteiger partial charge in [0.15, 0.2) is 0 Å². The van der Waals surface area contributed by atoms with Crippen LogP contribution in [0.4, 0.5) is 5.69 Å². The van der Waals surface area contributed by atoms with E-state index in [1.54, 1.807) is 36.4 Å². The summed E-state index contributed by atoms with van der Waals surface area (Å²) in [7, 11) is 0. The molecule has 1 aromatic heterocycles. The fraction of sp³-hybridized carbons (Fsp3) is 0. The number of benzene rings is 2. The molecule has 3 rings (SSSR count). The second-order valence-corrected chi connectivity index (χ2v) is 5.66. The van der Waals surface area contributed by atoms with Crippen LogP contribution in [0.1, 0.15) is 16.1 Å². The molecule has 0 aliphatic heterocycles. The molecule has 0 unspecified atom stereocenters. The summed E-state index contributed by atoms with van der Waals surface area (Å²) in [6.07, 6.45) is 1.48. The van der Waals surface area contributed by atoms with Crippen LogP contribution in [-0.2, 0) is 0 Å². The molecule has 1 amide bonds. The summed E-state index contributed by atoms with van der Waals surface area (Å²) < 4.78 is 0. The number of aromatic amines is 1. The van der Waals surface area contributed by atoms with Crippen LogP contribution in [0.5, 0.6) is 0 Å². The van der Waals surface area contributed by atoms with E-state index in [4.69, 9.17) is 11.6 Å². The Labute approximate surface area is 152 Å². The van der Waals surface area contributed by atoms with Gasteiger partial charge in [-0.1, -0.05) is 35.9 Å². The van der Waals surface area contributed by atoms with E-state index >= 15 is 0 Å². The molecule has 0 aliphatic carbocycles. The van der Waals surface area contributed by atoms with E-state index < -0.39 is 10.8 Å². The lowest BCUT2D eigenvalue weighted by Crippen LogP contribution is -2.17. The Bertz CT molecular complexity index is 982. The van der Waals surface area contributed by atoms with Crippen molar-refractivity contribution in [3.05, 3.63) is 81.0 Å². The van der Waals surface area contributed by atoms with Crippen LogP contribution in [0.25, 0.3) is 11.3 Å². The van der Waals surface area contributed by atoms with Gasteiger partial charge in [0.05, 0.1) is 16.8 Å². The van der Waals surface area contributed by atoms with Crippen LogP contribution >= 0.6 is 11.6 Å². The van der Waals surface area contributed by atoms with Gasteiger partial charge in [0.2, 0.25) is 0 Å². The Morgan fingerprint density at radius 1 is 1.23 bits per heavy atom. The lowest BCUT2D eigenvalue weighted by Gasteiger charge is -1.97.